The molecule has 2 aromatic rings. The first-order valence-corrected chi connectivity index (χ1v) is 8.08. The topological polar surface area (TPSA) is 21.3 Å². The summed E-state index contributed by atoms with van der Waals surface area (Å²) >= 11 is 6.93. The molecule has 0 saturated heterocycles. The second-order valence-corrected chi connectivity index (χ2v) is 6.44. The summed E-state index contributed by atoms with van der Waals surface area (Å²) < 4.78 is 21.1. The summed E-state index contributed by atoms with van der Waals surface area (Å²) in [6.07, 6.45) is 0.549. The van der Waals surface area contributed by atoms with Crippen molar-refractivity contribution in [3.05, 3.63) is 62.3 Å². The molecule has 0 aliphatic rings. The van der Waals surface area contributed by atoms with Crippen molar-refractivity contribution in [3.8, 4) is 5.75 Å². The minimum atomic E-state index is -0.197. The van der Waals surface area contributed by atoms with E-state index in [1.54, 1.807) is 13.2 Å². The van der Waals surface area contributed by atoms with Gasteiger partial charge < -0.3 is 10.1 Å². The molecule has 1 atom stereocenters. The molecular weight excluding hydrogens is 401 g/mol. The zero-order valence-corrected chi connectivity index (χ0v) is 15.0. The third kappa shape index (κ3) is 4.05. The standard InChI is InChI=1S/C16H16Br2FNO/c1-20-16(8-10-7-11(17)3-6-15(10)19)13-9-12(21-2)4-5-14(13)18/h3-7,9,16,20H,8H2,1-2H3. The summed E-state index contributed by atoms with van der Waals surface area (Å²) in [7, 11) is 3.50. The number of halogens is 3. The van der Waals surface area contributed by atoms with E-state index in [0.717, 1.165) is 20.3 Å². The Kier molecular flexibility index (Phi) is 5.79. The number of rotatable bonds is 5. The molecule has 0 heterocycles. The Morgan fingerprint density at radius 3 is 2.62 bits per heavy atom. The number of hydrogen-bond donors (Lipinski definition) is 1. The van der Waals surface area contributed by atoms with Crippen LogP contribution in [0.3, 0.4) is 0 Å². The molecule has 2 aromatic carbocycles. The van der Waals surface area contributed by atoms with E-state index in [2.05, 4.69) is 37.2 Å². The highest BCUT2D eigenvalue weighted by atomic mass is 79.9. The normalized spacial score (nSPS) is 12.2. The Labute approximate surface area is 141 Å². The fourth-order valence-corrected chi connectivity index (χ4v) is 3.13. The number of ether oxygens (including phenoxy) is 1. The van der Waals surface area contributed by atoms with Crippen molar-refractivity contribution in [3.63, 3.8) is 0 Å². The van der Waals surface area contributed by atoms with Crippen LogP contribution in [-0.2, 0) is 6.42 Å². The van der Waals surface area contributed by atoms with Gasteiger partial charge in [0.1, 0.15) is 11.6 Å². The second kappa shape index (κ2) is 7.38. The van der Waals surface area contributed by atoms with Crippen molar-refractivity contribution < 1.29 is 9.13 Å². The molecule has 0 amide bonds. The highest BCUT2D eigenvalue weighted by Crippen LogP contribution is 2.30. The van der Waals surface area contributed by atoms with E-state index in [1.165, 1.54) is 6.07 Å². The van der Waals surface area contributed by atoms with E-state index < -0.39 is 0 Å². The summed E-state index contributed by atoms with van der Waals surface area (Å²) in [5.41, 5.74) is 1.70. The Morgan fingerprint density at radius 1 is 1.19 bits per heavy atom. The first kappa shape index (κ1) is 16.5. The lowest BCUT2D eigenvalue weighted by molar-refractivity contribution is 0.413. The third-order valence-electron chi connectivity index (χ3n) is 3.36. The second-order valence-electron chi connectivity index (χ2n) is 4.67. The molecule has 0 radical (unpaired) electrons. The Hall–Kier alpha value is -0.910. The maximum atomic E-state index is 13.9. The quantitative estimate of drug-likeness (QED) is 0.751. The molecule has 0 aliphatic heterocycles. The molecule has 0 spiro atoms. The van der Waals surface area contributed by atoms with Crippen molar-refractivity contribution in [1.29, 1.82) is 0 Å². The van der Waals surface area contributed by atoms with Crippen molar-refractivity contribution in [2.24, 2.45) is 0 Å². The van der Waals surface area contributed by atoms with E-state index in [4.69, 9.17) is 4.74 Å². The predicted molar refractivity (Wildman–Crippen MR) is 90.3 cm³/mol. The van der Waals surface area contributed by atoms with Crippen LogP contribution < -0.4 is 10.1 Å². The molecule has 2 nitrogen and oxygen atoms in total. The summed E-state index contributed by atoms with van der Waals surface area (Å²) in [6.45, 7) is 0. The van der Waals surface area contributed by atoms with Gasteiger partial charge in [0.05, 0.1) is 7.11 Å². The van der Waals surface area contributed by atoms with Gasteiger partial charge in [-0.1, -0.05) is 31.9 Å². The van der Waals surface area contributed by atoms with E-state index in [9.17, 15) is 4.39 Å². The molecule has 0 saturated carbocycles. The van der Waals surface area contributed by atoms with Gasteiger partial charge in [-0.25, -0.2) is 4.39 Å². The summed E-state index contributed by atoms with van der Waals surface area (Å²) in [4.78, 5) is 0. The molecule has 1 unspecified atom stereocenters. The molecular formula is C16H16Br2FNO. The van der Waals surface area contributed by atoms with E-state index >= 15 is 0 Å². The van der Waals surface area contributed by atoms with Gasteiger partial charge in [-0.15, -0.1) is 0 Å². The molecule has 1 N–H and O–H groups in total. The number of nitrogens with one attached hydrogen (secondary N) is 1. The average Bonchev–Trinajstić information content (AvgIpc) is 2.49. The lowest BCUT2D eigenvalue weighted by atomic mass is 9.98. The monoisotopic (exact) mass is 415 g/mol. The molecule has 2 rings (SSSR count). The van der Waals surface area contributed by atoms with Gasteiger partial charge in [0.2, 0.25) is 0 Å². The van der Waals surface area contributed by atoms with Crippen LogP contribution in [0, 0.1) is 5.82 Å². The maximum Gasteiger partial charge on any atom is 0.126 e. The summed E-state index contributed by atoms with van der Waals surface area (Å²) in [5, 5.41) is 3.24. The van der Waals surface area contributed by atoms with Crippen LogP contribution in [0.2, 0.25) is 0 Å². The highest BCUT2D eigenvalue weighted by molar-refractivity contribution is 9.10. The minimum Gasteiger partial charge on any atom is -0.497 e. The van der Waals surface area contributed by atoms with Crippen molar-refractivity contribution >= 4 is 31.9 Å². The summed E-state index contributed by atoms with van der Waals surface area (Å²) in [5.74, 6) is 0.584. The molecule has 0 aliphatic carbocycles. The average molecular weight is 417 g/mol. The fourth-order valence-electron chi connectivity index (χ4n) is 2.20. The number of methoxy groups -OCH3 is 1. The molecule has 21 heavy (non-hydrogen) atoms. The maximum absolute atomic E-state index is 13.9. The minimum absolute atomic E-state index is 0.0155. The van der Waals surface area contributed by atoms with Gasteiger partial charge in [-0.2, -0.15) is 0 Å². The molecule has 0 aromatic heterocycles. The zero-order chi connectivity index (χ0) is 15.4. The van der Waals surface area contributed by atoms with Crippen LogP contribution in [0.1, 0.15) is 17.2 Å². The molecule has 0 fully saturated rings. The van der Waals surface area contributed by atoms with Gasteiger partial charge in [0.15, 0.2) is 0 Å². The van der Waals surface area contributed by atoms with E-state index in [-0.39, 0.29) is 11.9 Å². The first-order chi connectivity index (χ1) is 10.0. The van der Waals surface area contributed by atoms with E-state index in [1.807, 2.05) is 31.3 Å². The van der Waals surface area contributed by atoms with Crippen LogP contribution in [0.25, 0.3) is 0 Å². The first-order valence-electron chi connectivity index (χ1n) is 6.49. The fraction of sp³-hybridized carbons (Fsp3) is 0.250. The van der Waals surface area contributed by atoms with Crippen molar-refractivity contribution in [1.82, 2.24) is 5.32 Å². The lowest BCUT2D eigenvalue weighted by Gasteiger charge is -2.19. The highest BCUT2D eigenvalue weighted by Gasteiger charge is 2.16. The van der Waals surface area contributed by atoms with Crippen LogP contribution >= 0.6 is 31.9 Å². The van der Waals surface area contributed by atoms with Crippen molar-refractivity contribution in [2.45, 2.75) is 12.5 Å². The van der Waals surface area contributed by atoms with Gasteiger partial charge in [-0.05, 0) is 61.0 Å². The van der Waals surface area contributed by atoms with Gasteiger partial charge in [-0.3, -0.25) is 0 Å². The molecule has 112 valence electrons. The van der Waals surface area contributed by atoms with E-state index in [0.29, 0.717) is 12.0 Å². The zero-order valence-electron chi connectivity index (χ0n) is 11.8. The Balaban J connectivity index is 2.34. The van der Waals surface area contributed by atoms with Crippen LogP contribution in [0.4, 0.5) is 4.39 Å². The molecule has 5 heteroatoms. The van der Waals surface area contributed by atoms with Crippen LogP contribution in [0.5, 0.6) is 5.75 Å². The summed E-state index contributed by atoms with van der Waals surface area (Å²) in [6, 6.07) is 10.8. The largest absolute Gasteiger partial charge is 0.497 e. The predicted octanol–water partition coefficient (Wildman–Crippen LogP) is 4.86. The number of benzene rings is 2. The van der Waals surface area contributed by atoms with Gasteiger partial charge in [0.25, 0.3) is 0 Å². The third-order valence-corrected chi connectivity index (χ3v) is 4.57. The van der Waals surface area contributed by atoms with Crippen LogP contribution in [0.15, 0.2) is 45.3 Å². The lowest BCUT2D eigenvalue weighted by Crippen LogP contribution is -2.20. The smallest absolute Gasteiger partial charge is 0.126 e. The Bertz CT molecular complexity index is 634. The number of hydrogen-bond acceptors (Lipinski definition) is 2. The Morgan fingerprint density at radius 2 is 1.95 bits per heavy atom. The van der Waals surface area contributed by atoms with Gasteiger partial charge >= 0.3 is 0 Å². The number of likely N-dealkylation sites (N-methyl/N-ethyl adjacent to an activating group) is 1. The van der Waals surface area contributed by atoms with Gasteiger partial charge in [0, 0.05) is 15.0 Å². The van der Waals surface area contributed by atoms with Crippen LogP contribution in [-0.4, -0.2) is 14.2 Å². The van der Waals surface area contributed by atoms with Crippen molar-refractivity contribution in [2.75, 3.05) is 14.2 Å². The molecule has 0 bridgehead atoms. The SMILES string of the molecule is CNC(Cc1cc(Br)ccc1F)c1cc(OC)ccc1Br.